The van der Waals surface area contributed by atoms with E-state index in [1.807, 2.05) is 36.1 Å². The molecule has 0 aliphatic carbocycles. The van der Waals surface area contributed by atoms with Crippen molar-refractivity contribution < 1.29 is 9.59 Å². The van der Waals surface area contributed by atoms with Crippen molar-refractivity contribution in [1.29, 1.82) is 0 Å². The van der Waals surface area contributed by atoms with E-state index < -0.39 is 0 Å². The molecule has 2 amide bonds. The maximum atomic E-state index is 12.8. The first-order valence-corrected chi connectivity index (χ1v) is 9.86. The van der Waals surface area contributed by atoms with Crippen molar-refractivity contribution in [2.24, 2.45) is 0 Å². The molecule has 1 heterocycles. The Hall–Kier alpha value is -2.66. The summed E-state index contributed by atoms with van der Waals surface area (Å²) in [5.74, 6) is 0.0988. The standard InChI is InChI=1S/C23H29N3O2/c1-17(24-18(2)27)15-19-7-9-20(10-8-19)21-5-4-6-22(16-21)23(28)26-13-11-25(3)12-14-26/h4-10,16-17H,11-15H2,1-3H3,(H,24,27). The van der Waals surface area contributed by atoms with E-state index in [4.69, 9.17) is 0 Å². The van der Waals surface area contributed by atoms with Gasteiger partial charge in [0.15, 0.2) is 0 Å². The molecule has 3 rings (SSSR count). The summed E-state index contributed by atoms with van der Waals surface area (Å²) in [6, 6.07) is 16.3. The lowest BCUT2D eigenvalue weighted by atomic mass is 9.99. The van der Waals surface area contributed by atoms with Crippen molar-refractivity contribution in [2.75, 3.05) is 33.2 Å². The molecule has 0 spiro atoms. The number of carbonyl (C=O) groups excluding carboxylic acids is 2. The third-order valence-electron chi connectivity index (χ3n) is 5.18. The van der Waals surface area contributed by atoms with Crippen LogP contribution in [0.25, 0.3) is 11.1 Å². The van der Waals surface area contributed by atoms with Gasteiger partial charge in [0.1, 0.15) is 0 Å². The summed E-state index contributed by atoms with van der Waals surface area (Å²) >= 11 is 0. The Morgan fingerprint density at radius 3 is 2.32 bits per heavy atom. The van der Waals surface area contributed by atoms with Crippen LogP contribution in [0.15, 0.2) is 48.5 Å². The summed E-state index contributed by atoms with van der Waals surface area (Å²) in [5.41, 5.74) is 4.05. The van der Waals surface area contributed by atoms with Crippen molar-refractivity contribution >= 4 is 11.8 Å². The fourth-order valence-corrected chi connectivity index (χ4v) is 3.61. The summed E-state index contributed by atoms with van der Waals surface area (Å²) < 4.78 is 0. The number of nitrogens with zero attached hydrogens (tertiary/aromatic N) is 2. The maximum absolute atomic E-state index is 12.8. The number of likely N-dealkylation sites (N-methyl/N-ethyl adjacent to an activating group) is 1. The monoisotopic (exact) mass is 379 g/mol. The second-order valence-electron chi connectivity index (χ2n) is 7.68. The van der Waals surface area contributed by atoms with Gasteiger partial charge in [0.05, 0.1) is 0 Å². The average molecular weight is 380 g/mol. The van der Waals surface area contributed by atoms with E-state index in [0.717, 1.165) is 49.3 Å². The van der Waals surface area contributed by atoms with Gasteiger partial charge in [-0.25, -0.2) is 0 Å². The first-order valence-electron chi connectivity index (χ1n) is 9.86. The highest BCUT2D eigenvalue weighted by Crippen LogP contribution is 2.22. The van der Waals surface area contributed by atoms with Gasteiger partial charge in [-0.3, -0.25) is 9.59 Å². The molecule has 1 aliphatic rings. The molecule has 0 saturated carbocycles. The Bertz CT molecular complexity index is 824. The molecule has 0 aromatic heterocycles. The van der Waals surface area contributed by atoms with E-state index in [-0.39, 0.29) is 17.9 Å². The minimum atomic E-state index is -0.00838. The van der Waals surface area contributed by atoms with Gasteiger partial charge in [-0.1, -0.05) is 36.4 Å². The molecule has 1 fully saturated rings. The van der Waals surface area contributed by atoms with Crippen LogP contribution in [0.3, 0.4) is 0 Å². The van der Waals surface area contributed by atoms with E-state index >= 15 is 0 Å². The lowest BCUT2D eigenvalue weighted by Crippen LogP contribution is -2.47. The summed E-state index contributed by atoms with van der Waals surface area (Å²) in [6.07, 6.45) is 0.793. The molecule has 1 saturated heterocycles. The van der Waals surface area contributed by atoms with Crippen molar-refractivity contribution in [3.05, 3.63) is 59.7 Å². The van der Waals surface area contributed by atoms with Gasteiger partial charge in [0, 0.05) is 44.7 Å². The highest BCUT2D eigenvalue weighted by molar-refractivity contribution is 5.95. The fraction of sp³-hybridized carbons (Fsp3) is 0.391. The Morgan fingerprint density at radius 1 is 1.00 bits per heavy atom. The molecule has 148 valence electrons. The summed E-state index contributed by atoms with van der Waals surface area (Å²) in [6.45, 7) is 6.94. The van der Waals surface area contributed by atoms with Gasteiger partial charge in [-0.2, -0.15) is 0 Å². The first-order chi connectivity index (χ1) is 13.4. The molecule has 1 unspecified atom stereocenters. The second-order valence-corrected chi connectivity index (χ2v) is 7.68. The molecule has 2 aromatic carbocycles. The quantitative estimate of drug-likeness (QED) is 0.869. The van der Waals surface area contributed by atoms with E-state index in [9.17, 15) is 9.59 Å². The van der Waals surface area contributed by atoms with E-state index in [2.05, 4.69) is 41.5 Å². The highest BCUT2D eigenvalue weighted by atomic mass is 16.2. The number of hydrogen-bond donors (Lipinski definition) is 1. The predicted octanol–water partition coefficient (Wildman–Crippen LogP) is 2.81. The summed E-state index contributed by atoms with van der Waals surface area (Å²) in [5, 5.41) is 2.91. The fourth-order valence-electron chi connectivity index (χ4n) is 3.61. The molecular formula is C23H29N3O2. The van der Waals surface area contributed by atoms with Gasteiger partial charge in [-0.05, 0) is 49.2 Å². The third kappa shape index (κ3) is 5.20. The zero-order chi connectivity index (χ0) is 20.1. The summed E-state index contributed by atoms with van der Waals surface area (Å²) in [7, 11) is 2.09. The average Bonchev–Trinajstić information content (AvgIpc) is 2.68. The number of amides is 2. The molecule has 5 heteroatoms. The number of hydrogen-bond acceptors (Lipinski definition) is 3. The lowest BCUT2D eigenvalue weighted by molar-refractivity contribution is -0.119. The van der Waals surface area contributed by atoms with Crippen LogP contribution in [-0.4, -0.2) is 60.9 Å². The van der Waals surface area contributed by atoms with Gasteiger partial charge in [0.2, 0.25) is 5.91 Å². The van der Waals surface area contributed by atoms with Crippen LogP contribution in [-0.2, 0) is 11.2 Å². The molecule has 2 aromatic rings. The molecular weight excluding hydrogens is 350 g/mol. The van der Waals surface area contributed by atoms with Crippen LogP contribution in [0, 0.1) is 0 Å². The van der Waals surface area contributed by atoms with Crippen LogP contribution in [0.4, 0.5) is 0 Å². The smallest absolute Gasteiger partial charge is 0.253 e. The number of carbonyl (C=O) groups is 2. The van der Waals surface area contributed by atoms with Crippen LogP contribution in [0.2, 0.25) is 0 Å². The Morgan fingerprint density at radius 2 is 1.68 bits per heavy atom. The minimum Gasteiger partial charge on any atom is -0.354 e. The van der Waals surface area contributed by atoms with Gasteiger partial charge in [0.25, 0.3) is 5.91 Å². The SMILES string of the molecule is CC(=O)NC(C)Cc1ccc(-c2cccc(C(=O)N3CCN(C)CC3)c2)cc1. The molecule has 1 aliphatic heterocycles. The number of benzene rings is 2. The lowest BCUT2D eigenvalue weighted by Gasteiger charge is -2.32. The van der Waals surface area contributed by atoms with Crippen LogP contribution < -0.4 is 5.32 Å². The molecule has 1 atom stereocenters. The molecule has 5 nitrogen and oxygen atoms in total. The van der Waals surface area contributed by atoms with Gasteiger partial charge < -0.3 is 15.1 Å². The topological polar surface area (TPSA) is 52.7 Å². The second kappa shape index (κ2) is 9.02. The van der Waals surface area contributed by atoms with Crippen LogP contribution in [0.5, 0.6) is 0 Å². The van der Waals surface area contributed by atoms with Crippen molar-refractivity contribution in [2.45, 2.75) is 26.3 Å². The number of nitrogens with one attached hydrogen (secondary N) is 1. The van der Waals surface area contributed by atoms with Gasteiger partial charge >= 0.3 is 0 Å². The van der Waals surface area contributed by atoms with Crippen molar-refractivity contribution in [1.82, 2.24) is 15.1 Å². The zero-order valence-electron chi connectivity index (χ0n) is 16.9. The Labute approximate surface area is 167 Å². The van der Waals surface area contributed by atoms with E-state index in [0.29, 0.717) is 0 Å². The highest BCUT2D eigenvalue weighted by Gasteiger charge is 2.20. The van der Waals surface area contributed by atoms with Crippen LogP contribution >= 0.6 is 0 Å². The summed E-state index contributed by atoms with van der Waals surface area (Å²) in [4.78, 5) is 28.2. The molecule has 0 bridgehead atoms. The first kappa shape index (κ1) is 20.1. The van der Waals surface area contributed by atoms with E-state index in [1.54, 1.807) is 0 Å². The minimum absolute atomic E-state index is 0.00838. The largest absolute Gasteiger partial charge is 0.354 e. The Balaban J connectivity index is 1.69. The number of piperazine rings is 1. The maximum Gasteiger partial charge on any atom is 0.253 e. The molecule has 0 radical (unpaired) electrons. The van der Waals surface area contributed by atoms with Gasteiger partial charge in [-0.15, -0.1) is 0 Å². The van der Waals surface area contributed by atoms with Crippen LogP contribution in [0.1, 0.15) is 29.8 Å². The molecule has 28 heavy (non-hydrogen) atoms. The number of rotatable bonds is 5. The normalized spacial score (nSPS) is 15.9. The Kier molecular flexibility index (Phi) is 6.47. The third-order valence-corrected chi connectivity index (χ3v) is 5.18. The van der Waals surface area contributed by atoms with Crippen molar-refractivity contribution in [3.63, 3.8) is 0 Å². The molecule has 1 N–H and O–H groups in total. The zero-order valence-corrected chi connectivity index (χ0v) is 16.9. The van der Waals surface area contributed by atoms with Crippen molar-refractivity contribution in [3.8, 4) is 11.1 Å². The predicted molar refractivity (Wildman–Crippen MR) is 112 cm³/mol. The van der Waals surface area contributed by atoms with E-state index in [1.165, 1.54) is 12.5 Å².